The molecule has 2 N–H and O–H groups in total. The van der Waals surface area contributed by atoms with Gasteiger partial charge in [0.2, 0.25) is 0 Å². The van der Waals surface area contributed by atoms with Gasteiger partial charge in [-0.1, -0.05) is 23.7 Å². The van der Waals surface area contributed by atoms with Crippen LogP contribution in [0.5, 0.6) is 0 Å². The van der Waals surface area contributed by atoms with Gasteiger partial charge in [0.15, 0.2) is 0 Å². The molecular formula is C19H13ClN4O. The minimum atomic E-state index is -0.335. The average Bonchev–Trinajstić information content (AvgIpc) is 2.65. The fraction of sp³-hybridized carbons (Fsp3) is 0. The molecule has 2 aromatic carbocycles. The molecule has 1 aromatic heterocycles. The van der Waals surface area contributed by atoms with Gasteiger partial charge >= 0.3 is 0 Å². The lowest BCUT2D eigenvalue weighted by Gasteiger charge is -2.08. The lowest BCUT2D eigenvalue weighted by Crippen LogP contribution is -2.13. The molecule has 0 bridgehead atoms. The summed E-state index contributed by atoms with van der Waals surface area (Å²) in [6.45, 7) is 0. The van der Waals surface area contributed by atoms with Crippen LogP contribution in [0, 0.1) is 11.3 Å². The predicted molar refractivity (Wildman–Crippen MR) is 98.1 cm³/mol. The van der Waals surface area contributed by atoms with Gasteiger partial charge in [-0.05, 0) is 48.5 Å². The summed E-state index contributed by atoms with van der Waals surface area (Å²) in [5, 5.41) is 15.1. The van der Waals surface area contributed by atoms with Gasteiger partial charge in [-0.15, -0.1) is 0 Å². The highest BCUT2D eigenvalue weighted by atomic mass is 35.5. The fourth-order valence-electron chi connectivity index (χ4n) is 2.15. The summed E-state index contributed by atoms with van der Waals surface area (Å²) in [5.74, 6) is -0.335. The van der Waals surface area contributed by atoms with Crippen molar-refractivity contribution in [2.45, 2.75) is 0 Å². The zero-order valence-corrected chi connectivity index (χ0v) is 13.8. The van der Waals surface area contributed by atoms with Gasteiger partial charge in [0.1, 0.15) is 5.69 Å². The zero-order valence-electron chi connectivity index (χ0n) is 13.0. The molecule has 0 aliphatic heterocycles. The minimum absolute atomic E-state index is 0.283. The number of nitrogens with zero attached hydrogens (tertiary/aromatic N) is 2. The average molecular weight is 349 g/mol. The van der Waals surface area contributed by atoms with E-state index in [1.54, 1.807) is 66.9 Å². The van der Waals surface area contributed by atoms with E-state index in [4.69, 9.17) is 16.9 Å². The van der Waals surface area contributed by atoms with E-state index in [1.807, 2.05) is 0 Å². The molecule has 0 unspecified atom stereocenters. The number of hydrogen-bond donors (Lipinski definition) is 2. The van der Waals surface area contributed by atoms with Gasteiger partial charge in [-0.25, -0.2) is 4.98 Å². The molecule has 1 amide bonds. The number of carbonyl (C=O) groups excluding carboxylic acids is 1. The van der Waals surface area contributed by atoms with E-state index in [1.165, 1.54) is 0 Å². The van der Waals surface area contributed by atoms with Gasteiger partial charge in [0.05, 0.1) is 34.2 Å². The Morgan fingerprint density at radius 3 is 2.36 bits per heavy atom. The summed E-state index contributed by atoms with van der Waals surface area (Å²) in [6, 6.07) is 19.5. The molecule has 122 valence electrons. The maximum Gasteiger partial charge on any atom is 0.274 e. The summed E-state index contributed by atoms with van der Waals surface area (Å²) in [6.07, 6.45) is 1.57. The molecule has 0 fully saturated rings. The second kappa shape index (κ2) is 7.47. The van der Waals surface area contributed by atoms with E-state index >= 15 is 0 Å². The highest BCUT2D eigenvalue weighted by molar-refractivity contribution is 6.33. The second-order valence-corrected chi connectivity index (χ2v) is 5.59. The third kappa shape index (κ3) is 4.14. The Balaban J connectivity index is 1.68. The Morgan fingerprint density at radius 1 is 1.00 bits per heavy atom. The summed E-state index contributed by atoms with van der Waals surface area (Å²) in [5.41, 5.74) is 2.98. The lowest BCUT2D eigenvalue weighted by molar-refractivity contribution is 0.102. The summed E-state index contributed by atoms with van der Waals surface area (Å²) in [7, 11) is 0. The van der Waals surface area contributed by atoms with Crippen LogP contribution in [0.15, 0.2) is 66.9 Å². The van der Waals surface area contributed by atoms with E-state index in [0.717, 1.165) is 11.4 Å². The molecule has 0 aliphatic rings. The van der Waals surface area contributed by atoms with Crippen LogP contribution in [0.25, 0.3) is 0 Å². The van der Waals surface area contributed by atoms with Gasteiger partial charge in [-0.3, -0.25) is 4.79 Å². The summed E-state index contributed by atoms with van der Waals surface area (Å²) >= 11 is 6.03. The van der Waals surface area contributed by atoms with Gasteiger partial charge < -0.3 is 10.6 Å². The number of benzene rings is 2. The van der Waals surface area contributed by atoms with Crippen LogP contribution in [-0.4, -0.2) is 10.9 Å². The van der Waals surface area contributed by atoms with Crippen molar-refractivity contribution >= 4 is 34.6 Å². The number of amides is 1. The first-order chi connectivity index (χ1) is 12.2. The molecule has 6 heteroatoms. The van der Waals surface area contributed by atoms with E-state index in [2.05, 4.69) is 21.7 Å². The van der Waals surface area contributed by atoms with Gasteiger partial charge in [-0.2, -0.15) is 5.26 Å². The Labute approximate surface area is 149 Å². The fourth-order valence-corrected chi connectivity index (χ4v) is 2.33. The number of nitrogens with one attached hydrogen (secondary N) is 2. The second-order valence-electron chi connectivity index (χ2n) is 5.18. The molecule has 0 saturated heterocycles. The van der Waals surface area contributed by atoms with Crippen molar-refractivity contribution in [3.8, 4) is 6.07 Å². The molecule has 5 nitrogen and oxygen atoms in total. The maximum atomic E-state index is 12.2. The van der Waals surface area contributed by atoms with Crippen LogP contribution < -0.4 is 10.6 Å². The largest absolute Gasteiger partial charge is 0.354 e. The molecule has 3 aromatic rings. The molecule has 0 radical (unpaired) electrons. The van der Waals surface area contributed by atoms with Crippen molar-refractivity contribution in [1.82, 2.24) is 4.98 Å². The first kappa shape index (κ1) is 16.5. The van der Waals surface area contributed by atoms with Crippen LogP contribution in [0.1, 0.15) is 16.1 Å². The quantitative estimate of drug-likeness (QED) is 0.722. The zero-order chi connectivity index (χ0) is 17.6. The number of aromatic nitrogens is 1. The van der Waals surface area contributed by atoms with Crippen LogP contribution in [0.4, 0.5) is 17.1 Å². The van der Waals surface area contributed by atoms with Crippen molar-refractivity contribution in [1.29, 1.82) is 5.26 Å². The maximum absolute atomic E-state index is 12.2. The number of anilines is 3. The molecule has 0 saturated carbocycles. The molecule has 0 spiro atoms. The van der Waals surface area contributed by atoms with Crippen LogP contribution in [0.3, 0.4) is 0 Å². The lowest BCUT2D eigenvalue weighted by atomic mass is 10.2. The van der Waals surface area contributed by atoms with E-state index in [-0.39, 0.29) is 11.6 Å². The van der Waals surface area contributed by atoms with Crippen LogP contribution in [0.2, 0.25) is 5.02 Å². The topological polar surface area (TPSA) is 77.8 Å². The monoisotopic (exact) mass is 348 g/mol. The standard InChI is InChI=1S/C19H13ClN4O/c20-16-3-1-2-4-17(16)24-19(25)18-10-9-15(12-22-18)23-14-7-5-13(11-21)6-8-14/h1-10,12,23H,(H,24,25). The molecular weight excluding hydrogens is 336 g/mol. The predicted octanol–water partition coefficient (Wildman–Crippen LogP) is 4.60. The van der Waals surface area contributed by atoms with Crippen molar-refractivity contribution < 1.29 is 4.79 Å². The number of para-hydroxylation sites is 1. The van der Waals surface area contributed by atoms with Crippen molar-refractivity contribution in [3.05, 3.63) is 83.1 Å². The molecule has 1 heterocycles. The summed E-state index contributed by atoms with van der Waals surface area (Å²) in [4.78, 5) is 16.4. The Morgan fingerprint density at radius 2 is 1.72 bits per heavy atom. The SMILES string of the molecule is N#Cc1ccc(Nc2ccc(C(=O)Nc3ccccc3Cl)nc2)cc1. The number of nitriles is 1. The number of pyridine rings is 1. The minimum Gasteiger partial charge on any atom is -0.354 e. The highest BCUT2D eigenvalue weighted by Gasteiger charge is 2.09. The Bertz CT molecular complexity index is 931. The molecule has 3 rings (SSSR count). The third-order valence-corrected chi connectivity index (χ3v) is 3.75. The number of rotatable bonds is 4. The van der Waals surface area contributed by atoms with E-state index in [9.17, 15) is 4.79 Å². The smallest absolute Gasteiger partial charge is 0.274 e. The normalized spacial score (nSPS) is 9.92. The van der Waals surface area contributed by atoms with Gasteiger partial charge in [0, 0.05) is 5.69 Å². The van der Waals surface area contributed by atoms with Crippen molar-refractivity contribution in [2.24, 2.45) is 0 Å². The first-order valence-corrected chi connectivity index (χ1v) is 7.82. The Kier molecular flexibility index (Phi) is 4.93. The first-order valence-electron chi connectivity index (χ1n) is 7.45. The number of hydrogen-bond acceptors (Lipinski definition) is 4. The van der Waals surface area contributed by atoms with Crippen LogP contribution in [-0.2, 0) is 0 Å². The molecule has 0 aliphatic carbocycles. The molecule has 25 heavy (non-hydrogen) atoms. The van der Waals surface area contributed by atoms with E-state index < -0.39 is 0 Å². The van der Waals surface area contributed by atoms with Crippen molar-refractivity contribution in [2.75, 3.05) is 10.6 Å². The van der Waals surface area contributed by atoms with Crippen molar-refractivity contribution in [3.63, 3.8) is 0 Å². The van der Waals surface area contributed by atoms with E-state index in [0.29, 0.717) is 16.3 Å². The summed E-state index contributed by atoms with van der Waals surface area (Å²) < 4.78 is 0. The number of halogens is 1. The number of carbonyl (C=O) groups is 1. The van der Waals surface area contributed by atoms with Gasteiger partial charge in [0.25, 0.3) is 5.91 Å². The third-order valence-electron chi connectivity index (χ3n) is 3.42. The van der Waals surface area contributed by atoms with Crippen LogP contribution >= 0.6 is 11.6 Å². The Hall–Kier alpha value is -3.36. The molecule has 0 atom stereocenters. The highest BCUT2D eigenvalue weighted by Crippen LogP contribution is 2.21.